The quantitative estimate of drug-likeness (QED) is 0.570. The first-order valence-electron chi connectivity index (χ1n) is 10.1. The number of nitrogens with zero attached hydrogens (tertiary/aromatic N) is 2. The van der Waals surface area contributed by atoms with Crippen molar-refractivity contribution in [2.45, 2.75) is 33.2 Å². The van der Waals surface area contributed by atoms with E-state index in [4.69, 9.17) is 4.74 Å². The van der Waals surface area contributed by atoms with Crippen molar-refractivity contribution in [2.75, 3.05) is 6.54 Å². The molecule has 3 rings (SSSR count). The van der Waals surface area contributed by atoms with Crippen molar-refractivity contribution in [3.8, 4) is 11.5 Å². The van der Waals surface area contributed by atoms with E-state index >= 15 is 0 Å². The molecule has 7 heteroatoms. The van der Waals surface area contributed by atoms with Crippen LogP contribution in [0.25, 0.3) is 0 Å². The first-order valence-corrected chi connectivity index (χ1v) is 10.1. The predicted octanol–water partition coefficient (Wildman–Crippen LogP) is 3.34. The summed E-state index contributed by atoms with van der Waals surface area (Å²) < 4.78 is 5.00. The van der Waals surface area contributed by atoms with E-state index in [0.29, 0.717) is 24.3 Å². The van der Waals surface area contributed by atoms with Gasteiger partial charge in [-0.25, -0.2) is 0 Å². The molecule has 2 aromatic carbocycles. The van der Waals surface area contributed by atoms with Crippen LogP contribution in [-0.2, 0) is 16.0 Å². The number of benzene rings is 2. The molecule has 1 aliphatic heterocycles. The summed E-state index contributed by atoms with van der Waals surface area (Å²) in [5.41, 5.74) is 1.41. The highest BCUT2D eigenvalue weighted by Gasteiger charge is 2.37. The largest absolute Gasteiger partial charge is 0.508 e. The van der Waals surface area contributed by atoms with Gasteiger partial charge in [-0.3, -0.25) is 14.4 Å². The van der Waals surface area contributed by atoms with E-state index in [1.165, 1.54) is 11.8 Å². The molecule has 0 aromatic heterocycles. The molecule has 7 nitrogen and oxygen atoms in total. The topological polar surface area (TPSA) is 87.2 Å². The highest BCUT2D eigenvalue weighted by Crippen LogP contribution is 2.23. The molecule has 0 bridgehead atoms. The third kappa shape index (κ3) is 5.31. The molecule has 2 aromatic rings. The van der Waals surface area contributed by atoms with Crippen LogP contribution in [0.1, 0.15) is 36.7 Å². The zero-order chi connectivity index (χ0) is 22.5. The maximum absolute atomic E-state index is 13.1. The maximum Gasteiger partial charge on any atom is 0.308 e. The Morgan fingerprint density at radius 2 is 1.68 bits per heavy atom. The summed E-state index contributed by atoms with van der Waals surface area (Å²) in [5, 5.41) is 9.41. The summed E-state index contributed by atoms with van der Waals surface area (Å²) in [6, 6.07) is 12.5. The Kier molecular flexibility index (Phi) is 6.74. The van der Waals surface area contributed by atoms with E-state index in [0.717, 1.165) is 5.56 Å². The molecular weight excluding hydrogens is 396 g/mol. The lowest BCUT2D eigenvalue weighted by Gasteiger charge is -2.38. The van der Waals surface area contributed by atoms with Gasteiger partial charge in [-0.05, 0) is 54.3 Å². The molecule has 1 atom stereocenters. The normalized spacial score (nSPS) is 16.0. The van der Waals surface area contributed by atoms with Gasteiger partial charge in [0.2, 0.25) is 5.91 Å². The summed E-state index contributed by atoms with van der Waals surface area (Å²) in [6.07, 6.45) is 3.91. The molecule has 2 amide bonds. The molecule has 1 heterocycles. The molecule has 0 spiro atoms. The van der Waals surface area contributed by atoms with Gasteiger partial charge in [0.25, 0.3) is 5.91 Å². The van der Waals surface area contributed by atoms with E-state index < -0.39 is 12.0 Å². The number of amides is 2. The second kappa shape index (κ2) is 9.47. The molecule has 0 saturated heterocycles. The van der Waals surface area contributed by atoms with Gasteiger partial charge in [0.1, 0.15) is 17.5 Å². The Morgan fingerprint density at radius 3 is 2.26 bits per heavy atom. The van der Waals surface area contributed by atoms with Gasteiger partial charge in [0.15, 0.2) is 0 Å². The third-order valence-corrected chi connectivity index (χ3v) is 5.05. The Hall–Kier alpha value is -3.61. The Bertz CT molecular complexity index is 980. The van der Waals surface area contributed by atoms with Gasteiger partial charge in [-0.2, -0.15) is 0 Å². The Morgan fingerprint density at radius 1 is 1.03 bits per heavy atom. The van der Waals surface area contributed by atoms with Crippen molar-refractivity contribution in [3.05, 3.63) is 72.1 Å². The summed E-state index contributed by atoms with van der Waals surface area (Å²) >= 11 is 0. The lowest BCUT2D eigenvalue weighted by Crippen LogP contribution is -2.53. The molecule has 0 saturated carbocycles. The van der Waals surface area contributed by atoms with Crippen molar-refractivity contribution in [3.63, 3.8) is 0 Å². The number of hydrogen-bond donors (Lipinski definition) is 1. The van der Waals surface area contributed by atoms with Crippen LogP contribution in [0.2, 0.25) is 0 Å². The van der Waals surface area contributed by atoms with E-state index in [1.54, 1.807) is 53.7 Å². The summed E-state index contributed by atoms with van der Waals surface area (Å²) in [5.74, 6) is -0.395. The fourth-order valence-electron chi connectivity index (χ4n) is 3.49. The van der Waals surface area contributed by atoms with Crippen LogP contribution in [0.5, 0.6) is 11.5 Å². The first-order chi connectivity index (χ1) is 14.8. The second-order valence-electron chi connectivity index (χ2n) is 7.77. The lowest BCUT2D eigenvalue weighted by atomic mass is 9.98. The second-order valence-corrected chi connectivity index (χ2v) is 7.77. The number of rotatable bonds is 6. The number of aromatic hydroxyl groups is 1. The standard InChI is InChI=1S/C24H26N2O5/c1-16(2)22-24(30)25(13-12-18-4-8-20(28)9-5-18)14-15-26(22)23(29)19-6-10-21(11-7-19)31-17(3)27/h4-11,14-16,22,28H,12-13H2,1-3H3. The van der Waals surface area contributed by atoms with Crippen molar-refractivity contribution >= 4 is 17.8 Å². The number of ether oxygens (including phenoxy) is 1. The Labute approximate surface area is 181 Å². The van der Waals surface area contributed by atoms with Gasteiger partial charge >= 0.3 is 5.97 Å². The van der Waals surface area contributed by atoms with E-state index in [-0.39, 0.29) is 23.5 Å². The molecule has 1 unspecified atom stereocenters. The molecule has 1 N–H and O–H groups in total. The molecule has 162 valence electrons. The van der Waals surface area contributed by atoms with Gasteiger partial charge < -0.3 is 19.6 Å². The summed E-state index contributed by atoms with van der Waals surface area (Å²) in [7, 11) is 0. The number of phenols is 1. The van der Waals surface area contributed by atoms with Crippen LogP contribution in [0.15, 0.2) is 60.9 Å². The zero-order valence-corrected chi connectivity index (χ0v) is 17.8. The van der Waals surface area contributed by atoms with Gasteiger partial charge in [0, 0.05) is 31.4 Å². The predicted molar refractivity (Wildman–Crippen MR) is 115 cm³/mol. The number of phenolic OH excluding ortho intramolecular Hbond substituents is 1. The van der Waals surface area contributed by atoms with Crippen LogP contribution in [0.4, 0.5) is 0 Å². The molecule has 1 aliphatic rings. The van der Waals surface area contributed by atoms with Gasteiger partial charge in [0.05, 0.1) is 0 Å². The summed E-state index contributed by atoms with van der Waals surface area (Å²) in [6.45, 7) is 5.60. The molecular formula is C24H26N2O5. The smallest absolute Gasteiger partial charge is 0.308 e. The Balaban J connectivity index is 1.75. The minimum atomic E-state index is -0.620. The molecule has 0 fully saturated rings. The number of hydrogen-bond acceptors (Lipinski definition) is 5. The van der Waals surface area contributed by atoms with E-state index in [2.05, 4.69) is 0 Å². The third-order valence-electron chi connectivity index (χ3n) is 5.05. The summed E-state index contributed by atoms with van der Waals surface area (Å²) in [4.78, 5) is 40.4. The van der Waals surface area contributed by atoms with Crippen molar-refractivity contribution < 1.29 is 24.2 Å². The number of carbonyl (C=O) groups is 3. The fraction of sp³-hybridized carbons (Fsp3) is 0.292. The lowest BCUT2D eigenvalue weighted by molar-refractivity contribution is -0.135. The van der Waals surface area contributed by atoms with Gasteiger partial charge in [-0.1, -0.05) is 26.0 Å². The zero-order valence-electron chi connectivity index (χ0n) is 17.8. The van der Waals surface area contributed by atoms with Crippen LogP contribution in [-0.4, -0.2) is 45.3 Å². The first kappa shape index (κ1) is 22.1. The molecule has 0 aliphatic carbocycles. The van der Waals surface area contributed by atoms with E-state index in [9.17, 15) is 19.5 Å². The van der Waals surface area contributed by atoms with Crippen molar-refractivity contribution in [1.82, 2.24) is 9.80 Å². The molecule has 0 radical (unpaired) electrons. The van der Waals surface area contributed by atoms with E-state index in [1.807, 2.05) is 26.0 Å². The number of esters is 1. The van der Waals surface area contributed by atoms with Crippen molar-refractivity contribution in [2.24, 2.45) is 5.92 Å². The number of carbonyl (C=O) groups excluding carboxylic acids is 3. The van der Waals surface area contributed by atoms with Crippen LogP contribution >= 0.6 is 0 Å². The highest BCUT2D eigenvalue weighted by molar-refractivity contribution is 5.99. The average molecular weight is 422 g/mol. The minimum Gasteiger partial charge on any atom is -0.508 e. The van der Waals surface area contributed by atoms with Crippen molar-refractivity contribution in [1.29, 1.82) is 0 Å². The SMILES string of the molecule is CC(=O)Oc1ccc(C(=O)N2C=CN(CCc3ccc(O)cc3)C(=O)C2C(C)C)cc1. The monoisotopic (exact) mass is 422 g/mol. The minimum absolute atomic E-state index is 0.0853. The fourth-order valence-corrected chi connectivity index (χ4v) is 3.49. The van der Waals surface area contributed by atoms with Crippen LogP contribution < -0.4 is 4.74 Å². The maximum atomic E-state index is 13.1. The molecule has 31 heavy (non-hydrogen) atoms. The average Bonchev–Trinajstić information content (AvgIpc) is 2.73. The van der Waals surface area contributed by atoms with Gasteiger partial charge in [-0.15, -0.1) is 0 Å². The van der Waals surface area contributed by atoms with Crippen LogP contribution in [0, 0.1) is 5.92 Å². The van der Waals surface area contributed by atoms with Crippen LogP contribution in [0.3, 0.4) is 0 Å². The highest BCUT2D eigenvalue weighted by atomic mass is 16.5.